The molecule has 2 heterocycles. The van der Waals surface area contributed by atoms with Gasteiger partial charge < -0.3 is 50.3 Å². The third kappa shape index (κ3) is 4.60. The van der Waals surface area contributed by atoms with Crippen molar-refractivity contribution in [2.24, 2.45) is 0 Å². The smallest absolute Gasteiger partial charge is 0.113 e. The second-order valence-corrected chi connectivity index (χ2v) is 12.0. The average molecular weight is 561 g/mol. The summed E-state index contributed by atoms with van der Waals surface area (Å²) in [6, 6.07) is 13.5. The van der Waals surface area contributed by atoms with Crippen LogP contribution in [0.4, 0.5) is 0 Å². The van der Waals surface area contributed by atoms with Crippen LogP contribution in [0.25, 0.3) is 0 Å². The molecular formula is C30H40O10. The molecule has 10 heteroatoms. The van der Waals surface area contributed by atoms with E-state index < -0.39 is 74.3 Å². The summed E-state index contributed by atoms with van der Waals surface area (Å²) in [5.74, 6) is 0. The van der Waals surface area contributed by atoms with E-state index in [1.165, 1.54) is 0 Å². The van der Waals surface area contributed by atoms with Crippen LogP contribution in [-0.2, 0) is 20.3 Å². The van der Waals surface area contributed by atoms with Crippen molar-refractivity contribution >= 4 is 0 Å². The standard InChI is InChI=1S/C30H40O10/c1-14-10-17(8-9-18(14)28-26(38)24(36)22(34)20(12-32)40-28)30(3)13-29(30,2)16-6-4-15(5-7-16)27-25(37)23(35)21(33)19(11-31)39-27/h4-10,19-28,31-38H,11-13H2,1-3H3/t19-,20-,21-,22-,23+,24+,25+,26+,27-,28-,29?,30?/m1/s1. The minimum atomic E-state index is -1.44. The van der Waals surface area contributed by atoms with Gasteiger partial charge in [-0.15, -0.1) is 0 Å². The van der Waals surface area contributed by atoms with Gasteiger partial charge in [0.05, 0.1) is 13.2 Å². The molecule has 0 spiro atoms. The van der Waals surface area contributed by atoms with E-state index >= 15 is 0 Å². The molecule has 1 aliphatic carbocycles. The van der Waals surface area contributed by atoms with Gasteiger partial charge in [0.2, 0.25) is 0 Å². The number of rotatable bonds is 6. The summed E-state index contributed by atoms with van der Waals surface area (Å²) in [5, 5.41) is 80.7. The molecule has 0 aromatic heterocycles. The van der Waals surface area contributed by atoms with Crippen molar-refractivity contribution in [3.63, 3.8) is 0 Å². The molecule has 40 heavy (non-hydrogen) atoms. The summed E-state index contributed by atoms with van der Waals surface area (Å²) in [6.45, 7) is 5.30. The highest BCUT2D eigenvalue weighted by Crippen LogP contribution is 2.65. The molecule has 0 radical (unpaired) electrons. The first kappa shape index (κ1) is 29.5. The van der Waals surface area contributed by atoms with Crippen LogP contribution in [0.1, 0.15) is 60.3 Å². The lowest BCUT2D eigenvalue weighted by molar-refractivity contribution is -0.231. The Labute approximate surface area is 233 Å². The van der Waals surface area contributed by atoms with Gasteiger partial charge in [-0.1, -0.05) is 56.3 Å². The maximum atomic E-state index is 10.6. The van der Waals surface area contributed by atoms with Crippen LogP contribution >= 0.6 is 0 Å². The minimum absolute atomic E-state index is 0.196. The lowest BCUT2D eigenvalue weighted by Crippen LogP contribution is -2.55. The van der Waals surface area contributed by atoms with Gasteiger partial charge in [0.25, 0.3) is 0 Å². The highest BCUT2D eigenvalue weighted by Gasteiger charge is 2.62. The van der Waals surface area contributed by atoms with Crippen LogP contribution in [-0.4, -0.2) is 103 Å². The fourth-order valence-corrected chi connectivity index (χ4v) is 6.62. The van der Waals surface area contributed by atoms with E-state index in [9.17, 15) is 40.9 Å². The van der Waals surface area contributed by atoms with Gasteiger partial charge in [-0.25, -0.2) is 0 Å². The van der Waals surface area contributed by atoms with Crippen molar-refractivity contribution in [2.75, 3.05) is 13.2 Å². The lowest BCUT2D eigenvalue weighted by Gasteiger charge is -2.40. The molecule has 2 saturated heterocycles. The van der Waals surface area contributed by atoms with Gasteiger partial charge in [-0.2, -0.15) is 0 Å². The SMILES string of the molecule is Cc1cc(C2(C)CC2(C)c2ccc([C@H]3O[C@H](CO)[C@@H](O)[C@H](O)[C@@H]3O)cc2)ccc1[C@H]1O[C@H](CO)[C@@H](O)[C@H](O)[C@@H]1O. The summed E-state index contributed by atoms with van der Waals surface area (Å²) in [4.78, 5) is 0. The number of hydrogen-bond donors (Lipinski definition) is 8. The molecule has 2 unspecified atom stereocenters. The van der Waals surface area contributed by atoms with E-state index in [1.54, 1.807) is 0 Å². The number of ether oxygens (including phenoxy) is 2. The molecule has 8 N–H and O–H groups in total. The Morgan fingerprint density at radius 2 is 1.12 bits per heavy atom. The van der Waals surface area contributed by atoms with Crippen molar-refractivity contribution in [3.05, 3.63) is 70.3 Å². The summed E-state index contributed by atoms with van der Waals surface area (Å²) in [7, 11) is 0. The van der Waals surface area contributed by atoms with Gasteiger partial charge in [0.1, 0.15) is 61.0 Å². The van der Waals surface area contributed by atoms with Crippen LogP contribution < -0.4 is 0 Å². The zero-order chi connectivity index (χ0) is 29.1. The first-order chi connectivity index (χ1) is 18.9. The Balaban J connectivity index is 1.35. The fourth-order valence-electron chi connectivity index (χ4n) is 6.62. The molecule has 2 aromatic rings. The molecule has 2 aliphatic heterocycles. The molecule has 5 rings (SSSR count). The maximum Gasteiger partial charge on any atom is 0.113 e. The Kier molecular flexibility index (Phi) is 7.90. The van der Waals surface area contributed by atoms with Crippen LogP contribution in [0.2, 0.25) is 0 Å². The molecule has 10 nitrogen and oxygen atoms in total. The maximum absolute atomic E-state index is 10.6. The number of aliphatic hydroxyl groups is 8. The summed E-state index contributed by atoms with van der Waals surface area (Å²) < 4.78 is 11.5. The lowest BCUT2D eigenvalue weighted by atomic mass is 9.81. The van der Waals surface area contributed by atoms with Gasteiger partial charge in [0.15, 0.2) is 0 Å². The van der Waals surface area contributed by atoms with Crippen molar-refractivity contribution in [1.82, 2.24) is 0 Å². The molecule has 0 bridgehead atoms. The molecule has 220 valence electrons. The minimum Gasteiger partial charge on any atom is -0.394 e. The molecule has 3 fully saturated rings. The zero-order valence-electron chi connectivity index (χ0n) is 22.8. The van der Waals surface area contributed by atoms with Crippen LogP contribution in [0.3, 0.4) is 0 Å². The van der Waals surface area contributed by atoms with Crippen molar-refractivity contribution in [3.8, 4) is 0 Å². The van der Waals surface area contributed by atoms with Crippen molar-refractivity contribution in [2.45, 2.75) is 99.1 Å². The molecule has 2 aromatic carbocycles. The number of benzene rings is 2. The Morgan fingerprint density at radius 1 is 0.650 bits per heavy atom. The van der Waals surface area contributed by atoms with Gasteiger partial charge in [0, 0.05) is 10.8 Å². The third-order valence-corrected chi connectivity index (χ3v) is 9.67. The normalized spacial score (nSPS) is 43.5. The van der Waals surface area contributed by atoms with Gasteiger partial charge in [-0.3, -0.25) is 0 Å². The summed E-state index contributed by atoms with van der Waals surface area (Å²) in [5.41, 5.74) is 3.95. The first-order valence-electron chi connectivity index (χ1n) is 13.7. The zero-order valence-corrected chi connectivity index (χ0v) is 22.8. The van der Waals surface area contributed by atoms with Gasteiger partial charge >= 0.3 is 0 Å². The molecule has 3 aliphatic rings. The second-order valence-electron chi connectivity index (χ2n) is 12.0. The highest BCUT2D eigenvalue weighted by molar-refractivity contribution is 5.50. The monoisotopic (exact) mass is 560 g/mol. The van der Waals surface area contributed by atoms with E-state index in [-0.39, 0.29) is 10.8 Å². The number of aliphatic hydroxyl groups excluding tert-OH is 8. The predicted molar refractivity (Wildman–Crippen MR) is 142 cm³/mol. The van der Waals surface area contributed by atoms with Crippen molar-refractivity contribution in [1.29, 1.82) is 0 Å². The van der Waals surface area contributed by atoms with Crippen LogP contribution in [0, 0.1) is 6.92 Å². The van der Waals surface area contributed by atoms with E-state index in [0.717, 1.165) is 23.1 Å². The average Bonchev–Trinajstić information content (AvgIpc) is 3.54. The summed E-state index contributed by atoms with van der Waals surface area (Å²) >= 11 is 0. The predicted octanol–water partition coefficient (Wildman–Crippen LogP) is -0.356. The Hall–Kier alpha value is -1.96. The second kappa shape index (κ2) is 10.7. The topological polar surface area (TPSA) is 180 Å². The highest BCUT2D eigenvalue weighted by atomic mass is 16.6. The Morgan fingerprint density at radius 3 is 1.65 bits per heavy atom. The number of hydrogen-bond acceptors (Lipinski definition) is 10. The summed E-state index contributed by atoms with van der Waals surface area (Å²) in [6.07, 6.45) is -11.2. The molecular weight excluding hydrogens is 520 g/mol. The van der Waals surface area contributed by atoms with Gasteiger partial charge in [-0.05, 0) is 41.2 Å². The largest absolute Gasteiger partial charge is 0.394 e. The number of aryl methyl sites for hydroxylation is 1. The molecule has 12 atom stereocenters. The van der Waals surface area contributed by atoms with Crippen LogP contribution in [0.15, 0.2) is 42.5 Å². The Bertz CT molecular complexity index is 1200. The van der Waals surface area contributed by atoms with Crippen molar-refractivity contribution < 1.29 is 50.3 Å². The molecule has 0 amide bonds. The quantitative estimate of drug-likeness (QED) is 0.233. The third-order valence-electron chi connectivity index (χ3n) is 9.67. The molecule has 1 saturated carbocycles. The van der Waals surface area contributed by atoms with E-state index in [4.69, 9.17) is 9.47 Å². The van der Waals surface area contributed by atoms with Crippen LogP contribution in [0.5, 0.6) is 0 Å². The van der Waals surface area contributed by atoms with E-state index in [0.29, 0.717) is 11.1 Å². The van der Waals surface area contributed by atoms with E-state index in [1.807, 2.05) is 49.4 Å². The first-order valence-corrected chi connectivity index (χ1v) is 13.7. The van der Waals surface area contributed by atoms with E-state index in [2.05, 4.69) is 13.8 Å². The fraction of sp³-hybridized carbons (Fsp3) is 0.600.